The Hall–Kier alpha value is -1.30. The zero-order valence-electron chi connectivity index (χ0n) is 7.75. The summed E-state index contributed by atoms with van der Waals surface area (Å²) in [5, 5.41) is 13.3. The van der Waals surface area contributed by atoms with Gasteiger partial charge in [-0.05, 0) is 24.7 Å². The fourth-order valence-electron chi connectivity index (χ4n) is 1.71. The van der Waals surface area contributed by atoms with Crippen molar-refractivity contribution >= 4 is 0 Å². The molecule has 14 heavy (non-hydrogen) atoms. The molecule has 1 saturated carbocycles. The van der Waals surface area contributed by atoms with E-state index in [9.17, 15) is 9.59 Å². The van der Waals surface area contributed by atoms with Crippen LogP contribution in [0.4, 0.5) is 0 Å². The van der Waals surface area contributed by atoms with Crippen molar-refractivity contribution in [3.8, 4) is 0 Å². The Labute approximate surface area is 79.6 Å². The SMILES string of the molecule is O=c1[nH][nH]c(=O)n1CC1(CCO)CC1. The van der Waals surface area contributed by atoms with Crippen LogP contribution in [0.3, 0.4) is 0 Å². The Bertz CT molecular complexity index is 396. The first-order chi connectivity index (χ1) is 6.67. The number of aromatic amines is 2. The van der Waals surface area contributed by atoms with Crippen LogP contribution in [0.1, 0.15) is 19.3 Å². The zero-order chi connectivity index (χ0) is 10.2. The van der Waals surface area contributed by atoms with Crippen LogP contribution in [-0.2, 0) is 6.54 Å². The number of hydrogen-bond acceptors (Lipinski definition) is 3. The van der Waals surface area contributed by atoms with E-state index < -0.39 is 11.4 Å². The predicted molar refractivity (Wildman–Crippen MR) is 49.0 cm³/mol. The lowest BCUT2D eigenvalue weighted by atomic mass is 10.0. The molecular formula is C8H13N3O3. The van der Waals surface area contributed by atoms with E-state index in [0.717, 1.165) is 17.4 Å². The maximum atomic E-state index is 11.2. The molecular weight excluding hydrogens is 186 g/mol. The highest BCUT2D eigenvalue weighted by Gasteiger charge is 2.42. The largest absolute Gasteiger partial charge is 0.396 e. The molecule has 78 valence electrons. The van der Waals surface area contributed by atoms with Crippen LogP contribution in [-0.4, -0.2) is 26.5 Å². The van der Waals surface area contributed by atoms with Crippen LogP contribution in [0.2, 0.25) is 0 Å². The predicted octanol–water partition coefficient (Wildman–Crippen LogP) is -0.973. The highest BCUT2D eigenvalue weighted by molar-refractivity contribution is 4.93. The average Bonchev–Trinajstić information content (AvgIpc) is 2.84. The highest BCUT2D eigenvalue weighted by atomic mass is 16.3. The molecule has 0 spiro atoms. The molecule has 0 atom stereocenters. The topological polar surface area (TPSA) is 90.9 Å². The van der Waals surface area contributed by atoms with Gasteiger partial charge in [-0.2, -0.15) is 0 Å². The number of H-pyrrole nitrogens is 2. The minimum absolute atomic E-state index is 0.0201. The summed E-state index contributed by atoms with van der Waals surface area (Å²) in [6, 6.07) is 0. The van der Waals surface area contributed by atoms with Crippen LogP contribution in [0, 0.1) is 5.41 Å². The standard InChI is InChI=1S/C8H13N3O3/c12-4-3-8(1-2-8)5-11-6(13)9-10-7(11)14/h12H,1-5H2,(H,9,13)(H,10,14). The first-order valence-electron chi connectivity index (χ1n) is 4.65. The summed E-state index contributed by atoms with van der Waals surface area (Å²) in [5.74, 6) is 0. The molecule has 0 bridgehead atoms. The Morgan fingerprint density at radius 2 is 1.86 bits per heavy atom. The minimum Gasteiger partial charge on any atom is -0.396 e. The van der Waals surface area contributed by atoms with E-state index in [1.54, 1.807) is 0 Å². The van der Waals surface area contributed by atoms with Crippen molar-refractivity contribution in [1.29, 1.82) is 0 Å². The summed E-state index contributed by atoms with van der Waals surface area (Å²) in [6.07, 6.45) is 2.61. The number of rotatable bonds is 4. The molecule has 1 aromatic heterocycles. The van der Waals surface area contributed by atoms with Gasteiger partial charge in [-0.15, -0.1) is 0 Å². The molecule has 0 amide bonds. The van der Waals surface area contributed by atoms with Crippen molar-refractivity contribution in [3.05, 3.63) is 21.0 Å². The third kappa shape index (κ3) is 1.52. The van der Waals surface area contributed by atoms with Gasteiger partial charge in [0.05, 0.1) is 0 Å². The molecule has 0 unspecified atom stereocenters. The van der Waals surface area contributed by atoms with Gasteiger partial charge in [0.15, 0.2) is 0 Å². The maximum Gasteiger partial charge on any atom is 0.344 e. The second-order valence-electron chi connectivity index (χ2n) is 3.92. The van der Waals surface area contributed by atoms with Crippen molar-refractivity contribution in [3.63, 3.8) is 0 Å². The number of nitrogens with one attached hydrogen (secondary N) is 2. The first kappa shape index (κ1) is 9.26. The Balaban J connectivity index is 2.19. The van der Waals surface area contributed by atoms with Crippen molar-refractivity contribution in [2.75, 3.05) is 6.61 Å². The van der Waals surface area contributed by atoms with Crippen LogP contribution in [0.25, 0.3) is 0 Å². The lowest BCUT2D eigenvalue weighted by Gasteiger charge is -2.11. The zero-order valence-corrected chi connectivity index (χ0v) is 7.75. The lowest BCUT2D eigenvalue weighted by molar-refractivity contribution is 0.234. The summed E-state index contributed by atoms with van der Waals surface area (Å²) in [5.41, 5.74) is -0.827. The third-order valence-corrected chi connectivity index (χ3v) is 2.86. The van der Waals surface area contributed by atoms with E-state index in [1.165, 1.54) is 0 Å². The number of aliphatic hydroxyl groups is 1. The van der Waals surface area contributed by atoms with Gasteiger partial charge in [0.1, 0.15) is 0 Å². The Morgan fingerprint density at radius 1 is 1.29 bits per heavy atom. The molecule has 6 nitrogen and oxygen atoms in total. The van der Waals surface area contributed by atoms with Crippen LogP contribution in [0.5, 0.6) is 0 Å². The molecule has 2 rings (SSSR count). The van der Waals surface area contributed by atoms with Gasteiger partial charge < -0.3 is 5.11 Å². The quantitative estimate of drug-likeness (QED) is 0.582. The molecule has 1 aliphatic rings. The summed E-state index contributed by atoms with van der Waals surface area (Å²) < 4.78 is 1.16. The highest BCUT2D eigenvalue weighted by Crippen LogP contribution is 2.49. The van der Waals surface area contributed by atoms with Gasteiger partial charge in [-0.1, -0.05) is 0 Å². The van der Waals surface area contributed by atoms with E-state index in [4.69, 9.17) is 5.11 Å². The van der Waals surface area contributed by atoms with Gasteiger partial charge in [0.2, 0.25) is 0 Å². The number of aromatic nitrogens is 3. The molecule has 0 aromatic carbocycles. The van der Waals surface area contributed by atoms with E-state index >= 15 is 0 Å². The van der Waals surface area contributed by atoms with Crippen LogP contribution >= 0.6 is 0 Å². The smallest absolute Gasteiger partial charge is 0.344 e. The van der Waals surface area contributed by atoms with Gasteiger partial charge >= 0.3 is 11.4 Å². The number of hydrogen-bond donors (Lipinski definition) is 3. The van der Waals surface area contributed by atoms with E-state index in [2.05, 4.69) is 10.2 Å². The Kier molecular flexibility index (Phi) is 2.07. The van der Waals surface area contributed by atoms with Crippen molar-refractivity contribution in [1.82, 2.24) is 14.8 Å². The summed E-state index contributed by atoms with van der Waals surface area (Å²) in [4.78, 5) is 22.3. The van der Waals surface area contributed by atoms with E-state index in [-0.39, 0.29) is 12.0 Å². The molecule has 3 N–H and O–H groups in total. The molecule has 0 radical (unpaired) electrons. The second-order valence-corrected chi connectivity index (χ2v) is 3.92. The van der Waals surface area contributed by atoms with Gasteiger partial charge in [-0.25, -0.2) is 24.4 Å². The van der Waals surface area contributed by atoms with E-state index in [0.29, 0.717) is 13.0 Å². The second kappa shape index (κ2) is 3.13. The third-order valence-electron chi connectivity index (χ3n) is 2.86. The fourth-order valence-corrected chi connectivity index (χ4v) is 1.71. The molecule has 0 saturated heterocycles. The van der Waals surface area contributed by atoms with E-state index in [1.807, 2.05) is 0 Å². The molecule has 1 aliphatic carbocycles. The van der Waals surface area contributed by atoms with Crippen LogP contribution < -0.4 is 11.4 Å². The molecule has 0 aliphatic heterocycles. The Morgan fingerprint density at radius 3 is 2.29 bits per heavy atom. The maximum absolute atomic E-state index is 11.2. The first-order valence-corrected chi connectivity index (χ1v) is 4.65. The summed E-state index contributed by atoms with van der Waals surface area (Å²) in [7, 11) is 0. The molecule has 6 heteroatoms. The van der Waals surface area contributed by atoms with Crippen molar-refractivity contribution in [2.24, 2.45) is 5.41 Å². The molecule has 1 heterocycles. The van der Waals surface area contributed by atoms with Crippen molar-refractivity contribution in [2.45, 2.75) is 25.8 Å². The summed E-state index contributed by atoms with van der Waals surface area (Å²) in [6.45, 7) is 0.516. The lowest BCUT2D eigenvalue weighted by Crippen LogP contribution is -2.31. The average molecular weight is 199 g/mol. The monoisotopic (exact) mass is 199 g/mol. The van der Waals surface area contributed by atoms with Crippen LogP contribution in [0.15, 0.2) is 9.59 Å². The van der Waals surface area contributed by atoms with Gasteiger partial charge in [0, 0.05) is 13.2 Å². The number of nitrogens with zero attached hydrogens (tertiary/aromatic N) is 1. The minimum atomic E-state index is -0.404. The number of aliphatic hydroxyl groups excluding tert-OH is 1. The fraction of sp³-hybridized carbons (Fsp3) is 0.750. The molecule has 1 fully saturated rings. The van der Waals surface area contributed by atoms with Gasteiger partial charge in [-0.3, -0.25) is 0 Å². The molecule has 1 aromatic rings. The van der Waals surface area contributed by atoms with Crippen molar-refractivity contribution < 1.29 is 5.11 Å². The summed E-state index contributed by atoms with van der Waals surface area (Å²) >= 11 is 0. The normalized spacial score (nSPS) is 18.4. The van der Waals surface area contributed by atoms with Gasteiger partial charge in [0.25, 0.3) is 0 Å².